The lowest BCUT2D eigenvalue weighted by Gasteiger charge is -2.29. The fourth-order valence-electron chi connectivity index (χ4n) is 3.75. The summed E-state index contributed by atoms with van der Waals surface area (Å²) in [6.07, 6.45) is 5.82. The van der Waals surface area contributed by atoms with Crippen molar-refractivity contribution in [1.82, 2.24) is 25.1 Å². The van der Waals surface area contributed by atoms with Gasteiger partial charge < -0.3 is 13.7 Å². The van der Waals surface area contributed by atoms with Crippen molar-refractivity contribution >= 4 is 0 Å². The molecule has 0 unspecified atom stereocenters. The first-order chi connectivity index (χ1) is 12.7. The smallest absolute Gasteiger partial charge is 0.253 e. The molecule has 1 saturated heterocycles. The van der Waals surface area contributed by atoms with Gasteiger partial charge in [-0.3, -0.25) is 4.68 Å². The van der Waals surface area contributed by atoms with Gasteiger partial charge in [-0.05, 0) is 38.7 Å². The van der Waals surface area contributed by atoms with Gasteiger partial charge in [0.05, 0.1) is 17.3 Å². The number of aromatic nitrogens is 5. The highest BCUT2D eigenvalue weighted by atomic mass is 16.5. The zero-order valence-electron chi connectivity index (χ0n) is 14.9. The summed E-state index contributed by atoms with van der Waals surface area (Å²) < 4.78 is 19.5. The van der Waals surface area contributed by atoms with Gasteiger partial charge in [0.25, 0.3) is 5.89 Å². The van der Waals surface area contributed by atoms with Gasteiger partial charge in [-0.1, -0.05) is 5.16 Å². The van der Waals surface area contributed by atoms with Crippen LogP contribution in [0.1, 0.15) is 66.7 Å². The van der Waals surface area contributed by atoms with E-state index in [1.165, 1.54) is 0 Å². The molecule has 8 nitrogen and oxygen atoms in total. The normalized spacial score (nSPS) is 23.5. The lowest BCUT2D eigenvalue weighted by atomic mass is 9.92. The van der Waals surface area contributed by atoms with Gasteiger partial charge in [0.15, 0.2) is 5.76 Å². The van der Waals surface area contributed by atoms with Crippen molar-refractivity contribution < 1.29 is 13.7 Å². The van der Waals surface area contributed by atoms with Gasteiger partial charge >= 0.3 is 0 Å². The van der Waals surface area contributed by atoms with Crippen LogP contribution in [0.3, 0.4) is 0 Å². The number of hydrogen-bond acceptors (Lipinski definition) is 7. The number of nitrogens with zero attached hydrogens (tertiary/aromatic N) is 5. The first kappa shape index (κ1) is 15.7. The fraction of sp³-hybridized carbons (Fsp3) is 0.556. The molecule has 1 aliphatic heterocycles. The Labute approximate surface area is 150 Å². The summed E-state index contributed by atoms with van der Waals surface area (Å²) in [5.41, 5.74) is 2.68. The second-order valence-corrected chi connectivity index (χ2v) is 7.15. The van der Waals surface area contributed by atoms with E-state index < -0.39 is 0 Å². The quantitative estimate of drug-likeness (QED) is 0.709. The van der Waals surface area contributed by atoms with Crippen molar-refractivity contribution in [2.75, 3.05) is 6.61 Å². The molecule has 2 fully saturated rings. The first-order valence-electron chi connectivity index (χ1n) is 9.12. The van der Waals surface area contributed by atoms with E-state index in [1.54, 1.807) is 6.20 Å². The monoisotopic (exact) mass is 355 g/mol. The summed E-state index contributed by atoms with van der Waals surface area (Å²) in [5.74, 6) is 2.43. The van der Waals surface area contributed by atoms with Crippen LogP contribution in [0.2, 0.25) is 0 Å². The molecule has 0 amide bonds. The largest absolute Gasteiger partial charge is 0.420 e. The molecule has 0 aromatic carbocycles. The SMILES string of the molecule is Cc1noc(C2CC2)c1-c1nnc([C@@H]2CCCO[C@H]2c2ccnn2C)o1. The lowest BCUT2D eigenvalue weighted by Crippen LogP contribution is -2.23. The van der Waals surface area contributed by atoms with Crippen LogP contribution in [0.5, 0.6) is 0 Å². The van der Waals surface area contributed by atoms with Crippen LogP contribution in [-0.4, -0.2) is 31.7 Å². The molecule has 1 aliphatic carbocycles. The molecule has 0 bridgehead atoms. The van der Waals surface area contributed by atoms with Gasteiger partial charge in [-0.2, -0.15) is 5.10 Å². The van der Waals surface area contributed by atoms with E-state index >= 15 is 0 Å². The van der Waals surface area contributed by atoms with E-state index in [1.807, 2.05) is 24.7 Å². The zero-order valence-corrected chi connectivity index (χ0v) is 14.9. The third kappa shape index (κ3) is 2.56. The molecule has 1 saturated carbocycles. The van der Waals surface area contributed by atoms with Gasteiger partial charge in [0.1, 0.15) is 11.7 Å². The molecule has 4 heterocycles. The van der Waals surface area contributed by atoms with Crippen molar-refractivity contribution in [3.63, 3.8) is 0 Å². The van der Waals surface area contributed by atoms with Gasteiger partial charge in [0.2, 0.25) is 5.89 Å². The molecule has 0 radical (unpaired) electrons. The Hall–Kier alpha value is -2.48. The van der Waals surface area contributed by atoms with Crippen molar-refractivity contribution in [2.45, 2.75) is 50.5 Å². The molecule has 136 valence electrons. The average molecular weight is 355 g/mol. The predicted molar refractivity (Wildman–Crippen MR) is 90.4 cm³/mol. The summed E-state index contributed by atoms with van der Waals surface area (Å²) in [6.45, 7) is 2.64. The van der Waals surface area contributed by atoms with E-state index in [2.05, 4.69) is 20.5 Å². The highest BCUT2D eigenvalue weighted by Crippen LogP contribution is 2.46. The summed E-state index contributed by atoms with van der Waals surface area (Å²) >= 11 is 0. The maximum absolute atomic E-state index is 6.10. The van der Waals surface area contributed by atoms with Crippen molar-refractivity contribution in [2.24, 2.45) is 7.05 Å². The van der Waals surface area contributed by atoms with Gasteiger partial charge in [0, 0.05) is 25.8 Å². The Kier molecular flexibility index (Phi) is 3.66. The first-order valence-corrected chi connectivity index (χ1v) is 9.12. The molecule has 0 N–H and O–H groups in total. The number of aryl methyl sites for hydroxylation is 2. The van der Waals surface area contributed by atoms with Crippen molar-refractivity contribution in [1.29, 1.82) is 0 Å². The summed E-state index contributed by atoms with van der Waals surface area (Å²) in [5, 5.41) is 17.0. The minimum atomic E-state index is -0.129. The Bertz CT molecular complexity index is 923. The highest BCUT2D eigenvalue weighted by Gasteiger charge is 2.37. The number of ether oxygens (including phenoxy) is 1. The molecule has 2 aliphatic rings. The third-order valence-corrected chi connectivity index (χ3v) is 5.28. The molecule has 3 aromatic heterocycles. The van der Waals surface area contributed by atoms with Crippen molar-refractivity contribution in [3.8, 4) is 11.5 Å². The molecule has 3 aromatic rings. The van der Waals surface area contributed by atoms with Crippen molar-refractivity contribution in [3.05, 3.63) is 35.3 Å². The zero-order chi connectivity index (χ0) is 17.7. The standard InChI is InChI=1S/C18H21N5O3/c1-10-14(15(26-22-10)11-5-6-11)18-21-20-17(25-18)12-4-3-9-24-16(12)13-7-8-19-23(13)2/h7-8,11-12,16H,3-6,9H2,1-2H3/t12-,16-/m1/s1. The van der Waals surface area contributed by atoms with Crippen LogP contribution in [0.4, 0.5) is 0 Å². The third-order valence-electron chi connectivity index (χ3n) is 5.28. The molecule has 5 rings (SSSR count). The van der Waals surface area contributed by atoms with E-state index in [0.29, 0.717) is 17.7 Å². The Morgan fingerprint density at radius 3 is 2.85 bits per heavy atom. The molecular formula is C18H21N5O3. The molecule has 0 spiro atoms. The van der Waals surface area contributed by atoms with Crippen LogP contribution < -0.4 is 0 Å². The molecular weight excluding hydrogens is 334 g/mol. The fourth-order valence-corrected chi connectivity index (χ4v) is 3.75. The van der Waals surface area contributed by atoms with E-state index in [0.717, 1.165) is 55.0 Å². The highest BCUT2D eigenvalue weighted by molar-refractivity contribution is 5.60. The topological polar surface area (TPSA) is 92.0 Å². The number of rotatable bonds is 4. The Morgan fingerprint density at radius 1 is 1.19 bits per heavy atom. The molecule has 26 heavy (non-hydrogen) atoms. The summed E-state index contributed by atoms with van der Waals surface area (Å²) in [7, 11) is 1.92. The minimum Gasteiger partial charge on any atom is -0.420 e. The lowest BCUT2D eigenvalue weighted by molar-refractivity contribution is -0.0135. The van der Waals surface area contributed by atoms with Crippen LogP contribution in [-0.2, 0) is 11.8 Å². The van der Waals surface area contributed by atoms with E-state index in [9.17, 15) is 0 Å². The molecule has 8 heteroatoms. The van der Waals surface area contributed by atoms with E-state index in [4.69, 9.17) is 13.7 Å². The second kappa shape index (κ2) is 6.05. The predicted octanol–water partition coefficient (Wildman–Crippen LogP) is 3.28. The van der Waals surface area contributed by atoms with Crippen LogP contribution in [0.25, 0.3) is 11.5 Å². The van der Waals surface area contributed by atoms with Crippen LogP contribution in [0.15, 0.2) is 21.2 Å². The van der Waals surface area contributed by atoms with Gasteiger partial charge in [-0.15, -0.1) is 10.2 Å². The minimum absolute atomic E-state index is 0.0185. The summed E-state index contributed by atoms with van der Waals surface area (Å²) in [6, 6.07) is 1.98. The van der Waals surface area contributed by atoms with Crippen LogP contribution >= 0.6 is 0 Å². The second-order valence-electron chi connectivity index (χ2n) is 7.15. The number of hydrogen-bond donors (Lipinski definition) is 0. The van der Waals surface area contributed by atoms with E-state index in [-0.39, 0.29) is 12.0 Å². The molecule has 2 atom stereocenters. The Balaban J connectivity index is 1.49. The maximum Gasteiger partial charge on any atom is 0.253 e. The average Bonchev–Trinajstić information content (AvgIpc) is 3.03. The summed E-state index contributed by atoms with van der Waals surface area (Å²) in [4.78, 5) is 0. The van der Waals surface area contributed by atoms with Gasteiger partial charge in [-0.25, -0.2) is 0 Å². The van der Waals surface area contributed by atoms with Crippen LogP contribution in [0, 0.1) is 6.92 Å². The maximum atomic E-state index is 6.10. The Morgan fingerprint density at radius 2 is 2.08 bits per heavy atom.